The van der Waals surface area contributed by atoms with Crippen molar-refractivity contribution in [2.24, 2.45) is 0 Å². The summed E-state index contributed by atoms with van der Waals surface area (Å²) in [7, 11) is 0. The molecule has 0 spiro atoms. The van der Waals surface area contributed by atoms with Gasteiger partial charge in [0.15, 0.2) is 12.3 Å². The first kappa shape index (κ1) is 20.2. The van der Waals surface area contributed by atoms with Gasteiger partial charge in [-0.3, -0.25) is 9.69 Å². The molecule has 0 unspecified atom stereocenters. The Morgan fingerprint density at radius 1 is 1.25 bits per heavy atom. The molecule has 1 saturated heterocycles. The highest BCUT2D eigenvalue weighted by Gasteiger charge is 2.30. The Morgan fingerprint density at radius 3 is 2.61 bits per heavy atom. The Kier molecular flexibility index (Phi) is 5.93. The molecule has 0 aliphatic carbocycles. The van der Waals surface area contributed by atoms with Crippen LogP contribution in [0.25, 0.3) is 0 Å². The first-order chi connectivity index (χ1) is 13.2. The van der Waals surface area contributed by atoms with Gasteiger partial charge in [0.05, 0.1) is 5.56 Å². The number of rotatable bonds is 5. The van der Waals surface area contributed by atoms with Crippen LogP contribution >= 0.6 is 0 Å². The van der Waals surface area contributed by atoms with Crippen LogP contribution in [0.4, 0.5) is 13.2 Å². The Morgan fingerprint density at radius 2 is 1.96 bits per heavy atom. The molecule has 28 heavy (non-hydrogen) atoms. The zero-order chi connectivity index (χ0) is 20.3. The molecule has 0 bridgehead atoms. The molecule has 2 heterocycles. The van der Waals surface area contributed by atoms with E-state index in [4.69, 9.17) is 9.15 Å². The number of carbonyl (C=O) groups excluding carboxylic acids is 1. The predicted molar refractivity (Wildman–Crippen MR) is 94.9 cm³/mol. The number of amides is 1. The molecular weight excluding hydrogens is 375 g/mol. The fourth-order valence-corrected chi connectivity index (χ4v) is 2.99. The van der Waals surface area contributed by atoms with Crippen LogP contribution in [-0.2, 0) is 12.8 Å². The summed E-state index contributed by atoms with van der Waals surface area (Å²) in [5.41, 5.74) is -0.630. The van der Waals surface area contributed by atoms with Crippen LogP contribution in [0.2, 0.25) is 0 Å². The lowest BCUT2D eigenvalue weighted by molar-refractivity contribution is -0.137. The van der Waals surface area contributed by atoms with Gasteiger partial charge >= 0.3 is 6.18 Å². The van der Waals surface area contributed by atoms with Gasteiger partial charge in [-0.15, -0.1) is 0 Å². The average molecular weight is 397 g/mol. The largest absolute Gasteiger partial charge is 0.484 e. The SMILES string of the molecule is CC(C)N1CCN(C(=O)c2coc(COc3cccc(C(F)(F)F)c3)n2)CC1. The van der Waals surface area contributed by atoms with E-state index in [0.717, 1.165) is 25.2 Å². The minimum Gasteiger partial charge on any atom is -0.484 e. The fourth-order valence-electron chi connectivity index (χ4n) is 2.99. The lowest BCUT2D eigenvalue weighted by Gasteiger charge is -2.36. The number of nitrogens with zero attached hydrogens (tertiary/aromatic N) is 3. The molecule has 0 atom stereocenters. The number of hydrogen-bond donors (Lipinski definition) is 0. The van der Waals surface area contributed by atoms with Crippen LogP contribution in [0.1, 0.15) is 35.8 Å². The summed E-state index contributed by atoms with van der Waals surface area (Å²) >= 11 is 0. The van der Waals surface area contributed by atoms with Gasteiger partial charge in [0, 0.05) is 32.2 Å². The zero-order valence-corrected chi connectivity index (χ0v) is 15.7. The van der Waals surface area contributed by atoms with Crippen molar-refractivity contribution in [3.05, 3.63) is 47.7 Å². The third-order valence-corrected chi connectivity index (χ3v) is 4.63. The number of oxazole rings is 1. The molecular formula is C19H22F3N3O3. The van der Waals surface area contributed by atoms with Crippen molar-refractivity contribution in [2.45, 2.75) is 32.7 Å². The van der Waals surface area contributed by atoms with E-state index < -0.39 is 11.7 Å². The van der Waals surface area contributed by atoms with Crippen molar-refractivity contribution in [3.8, 4) is 5.75 Å². The maximum atomic E-state index is 12.7. The molecule has 0 radical (unpaired) electrons. The van der Waals surface area contributed by atoms with Gasteiger partial charge in [0.1, 0.15) is 12.0 Å². The molecule has 1 amide bonds. The molecule has 3 rings (SSSR count). The van der Waals surface area contributed by atoms with Crippen molar-refractivity contribution >= 4 is 5.91 Å². The fraction of sp³-hybridized carbons (Fsp3) is 0.474. The number of halogens is 3. The average Bonchev–Trinajstić information content (AvgIpc) is 3.14. The number of benzene rings is 1. The van der Waals surface area contributed by atoms with Crippen molar-refractivity contribution in [1.29, 1.82) is 0 Å². The highest BCUT2D eigenvalue weighted by atomic mass is 19.4. The minimum absolute atomic E-state index is 0.0470. The van der Waals surface area contributed by atoms with Crippen LogP contribution < -0.4 is 4.74 Å². The second-order valence-corrected chi connectivity index (χ2v) is 6.86. The quantitative estimate of drug-likeness (QED) is 0.774. The molecule has 1 aromatic heterocycles. The van der Waals surface area contributed by atoms with E-state index in [1.165, 1.54) is 18.4 Å². The minimum atomic E-state index is -4.44. The Balaban J connectivity index is 1.57. The zero-order valence-electron chi connectivity index (χ0n) is 15.7. The lowest BCUT2D eigenvalue weighted by Crippen LogP contribution is -2.50. The Bertz CT molecular complexity index is 812. The van der Waals surface area contributed by atoms with E-state index >= 15 is 0 Å². The summed E-state index contributed by atoms with van der Waals surface area (Å²) in [6.07, 6.45) is -3.19. The third-order valence-electron chi connectivity index (χ3n) is 4.63. The molecule has 2 aromatic rings. The molecule has 1 aromatic carbocycles. The molecule has 1 aliphatic rings. The number of alkyl halides is 3. The lowest BCUT2D eigenvalue weighted by atomic mass is 10.2. The molecule has 1 aliphatic heterocycles. The van der Waals surface area contributed by atoms with Crippen molar-refractivity contribution in [3.63, 3.8) is 0 Å². The molecule has 1 fully saturated rings. The smallest absolute Gasteiger partial charge is 0.416 e. The van der Waals surface area contributed by atoms with Gasteiger partial charge in [-0.1, -0.05) is 6.07 Å². The third kappa shape index (κ3) is 4.83. The number of carbonyl (C=O) groups is 1. The second kappa shape index (κ2) is 8.22. The predicted octanol–water partition coefficient (Wildman–Crippen LogP) is 3.44. The maximum absolute atomic E-state index is 12.7. The first-order valence-corrected chi connectivity index (χ1v) is 9.02. The normalized spacial score (nSPS) is 15.9. The van der Waals surface area contributed by atoms with E-state index in [0.29, 0.717) is 19.1 Å². The van der Waals surface area contributed by atoms with E-state index in [1.54, 1.807) is 4.90 Å². The van der Waals surface area contributed by atoms with E-state index in [1.807, 2.05) is 0 Å². The van der Waals surface area contributed by atoms with Crippen molar-refractivity contribution < 1.29 is 27.1 Å². The van der Waals surface area contributed by atoms with Crippen molar-refractivity contribution in [1.82, 2.24) is 14.8 Å². The summed E-state index contributed by atoms with van der Waals surface area (Å²) in [6.45, 7) is 6.88. The number of ether oxygens (including phenoxy) is 1. The maximum Gasteiger partial charge on any atom is 0.416 e. The Hall–Kier alpha value is -2.55. The summed E-state index contributed by atoms with van der Waals surface area (Å²) in [5.74, 6) is -0.0511. The number of aromatic nitrogens is 1. The molecule has 152 valence electrons. The van der Waals surface area contributed by atoms with E-state index in [-0.39, 0.29) is 29.8 Å². The molecule has 0 N–H and O–H groups in total. The van der Waals surface area contributed by atoms with Crippen LogP contribution in [0, 0.1) is 0 Å². The van der Waals surface area contributed by atoms with Gasteiger partial charge in [0.2, 0.25) is 5.89 Å². The molecule has 6 nitrogen and oxygen atoms in total. The summed E-state index contributed by atoms with van der Waals surface area (Å²) in [4.78, 5) is 20.7. The standard InChI is InChI=1S/C19H22F3N3O3/c1-13(2)24-6-8-25(9-7-24)18(26)16-11-28-17(23-16)12-27-15-5-3-4-14(10-15)19(20,21)22/h3-5,10-11,13H,6-9,12H2,1-2H3. The van der Waals surface area contributed by atoms with Gasteiger partial charge in [0.25, 0.3) is 5.91 Å². The number of hydrogen-bond acceptors (Lipinski definition) is 5. The monoisotopic (exact) mass is 397 g/mol. The molecule has 0 saturated carbocycles. The second-order valence-electron chi connectivity index (χ2n) is 6.86. The number of piperazine rings is 1. The van der Waals surface area contributed by atoms with Gasteiger partial charge in [-0.25, -0.2) is 4.98 Å². The first-order valence-electron chi connectivity index (χ1n) is 9.02. The summed E-state index contributed by atoms with van der Waals surface area (Å²) in [5, 5.41) is 0. The van der Waals surface area contributed by atoms with Crippen molar-refractivity contribution in [2.75, 3.05) is 26.2 Å². The van der Waals surface area contributed by atoms with E-state index in [2.05, 4.69) is 23.7 Å². The highest BCUT2D eigenvalue weighted by molar-refractivity contribution is 5.92. The van der Waals surface area contributed by atoms with E-state index in [9.17, 15) is 18.0 Å². The topological polar surface area (TPSA) is 58.8 Å². The van der Waals surface area contributed by atoms with Gasteiger partial charge < -0.3 is 14.1 Å². The van der Waals surface area contributed by atoms with Crippen LogP contribution in [-0.4, -0.2) is 52.9 Å². The Labute approximate surface area is 160 Å². The van der Waals surface area contributed by atoms with Crippen LogP contribution in [0.3, 0.4) is 0 Å². The summed E-state index contributed by atoms with van der Waals surface area (Å²) in [6, 6.07) is 4.98. The molecule has 9 heteroatoms. The van der Waals surface area contributed by atoms with Gasteiger partial charge in [-0.2, -0.15) is 13.2 Å². The van der Waals surface area contributed by atoms with Crippen LogP contribution in [0.15, 0.2) is 34.9 Å². The van der Waals surface area contributed by atoms with Gasteiger partial charge in [-0.05, 0) is 32.0 Å². The van der Waals surface area contributed by atoms with Crippen LogP contribution in [0.5, 0.6) is 5.75 Å². The highest BCUT2D eigenvalue weighted by Crippen LogP contribution is 2.31. The summed E-state index contributed by atoms with van der Waals surface area (Å²) < 4.78 is 48.8.